The van der Waals surface area contributed by atoms with Crippen molar-refractivity contribution in [2.45, 2.75) is 31.1 Å². The number of nitrogens with one attached hydrogen (secondary N) is 2. The number of anilines is 2. The van der Waals surface area contributed by atoms with Gasteiger partial charge in [0.1, 0.15) is 5.76 Å². The van der Waals surface area contributed by atoms with Crippen molar-refractivity contribution in [3.05, 3.63) is 70.9 Å². The van der Waals surface area contributed by atoms with Gasteiger partial charge in [-0.05, 0) is 48.5 Å². The van der Waals surface area contributed by atoms with Gasteiger partial charge in [0.2, 0.25) is 0 Å². The summed E-state index contributed by atoms with van der Waals surface area (Å²) in [6, 6.07) is 13.5. The van der Waals surface area contributed by atoms with Crippen LogP contribution >= 0.6 is 11.6 Å². The highest BCUT2D eigenvalue weighted by molar-refractivity contribution is 7.92. The van der Waals surface area contributed by atoms with Gasteiger partial charge in [-0.25, -0.2) is 8.42 Å². The smallest absolute Gasteiger partial charge is 0.261 e. The Hall–Kier alpha value is -2.84. The van der Waals surface area contributed by atoms with Gasteiger partial charge in [0.15, 0.2) is 5.82 Å². The minimum atomic E-state index is -3.79. The lowest BCUT2D eigenvalue weighted by molar-refractivity contribution is 0.102. The summed E-state index contributed by atoms with van der Waals surface area (Å²) in [5, 5.41) is 6.97. The zero-order chi connectivity index (χ0) is 21.2. The third kappa shape index (κ3) is 5.16. The molecule has 2 aromatic carbocycles. The molecule has 0 aliphatic heterocycles. The van der Waals surface area contributed by atoms with E-state index in [0.29, 0.717) is 22.3 Å². The molecule has 0 saturated carbocycles. The van der Waals surface area contributed by atoms with Crippen LogP contribution in [0.1, 0.15) is 36.9 Å². The maximum Gasteiger partial charge on any atom is 0.261 e. The lowest BCUT2D eigenvalue weighted by Crippen LogP contribution is -2.15. The molecule has 0 radical (unpaired) electrons. The lowest BCUT2D eigenvalue weighted by Gasteiger charge is -2.12. The van der Waals surface area contributed by atoms with Crippen molar-refractivity contribution in [2.24, 2.45) is 0 Å². The number of benzene rings is 2. The Morgan fingerprint density at radius 2 is 1.66 bits per heavy atom. The molecule has 2 N–H and O–H groups in total. The number of aromatic nitrogens is 1. The van der Waals surface area contributed by atoms with Crippen molar-refractivity contribution in [3.8, 4) is 0 Å². The summed E-state index contributed by atoms with van der Waals surface area (Å²) in [5.41, 5.74) is 0.441. The van der Waals surface area contributed by atoms with Crippen LogP contribution in [0.5, 0.6) is 0 Å². The predicted molar refractivity (Wildman–Crippen MR) is 112 cm³/mol. The molecule has 0 aliphatic rings. The molecule has 152 valence electrons. The summed E-state index contributed by atoms with van der Waals surface area (Å²) >= 11 is 5.80. The lowest BCUT2D eigenvalue weighted by atomic mass is 9.93. The van der Waals surface area contributed by atoms with E-state index in [1.54, 1.807) is 30.3 Å². The molecule has 0 aliphatic carbocycles. The fourth-order valence-corrected chi connectivity index (χ4v) is 3.58. The van der Waals surface area contributed by atoms with E-state index in [9.17, 15) is 13.2 Å². The Morgan fingerprint density at radius 1 is 1.03 bits per heavy atom. The van der Waals surface area contributed by atoms with E-state index in [4.69, 9.17) is 16.1 Å². The van der Waals surface area contributed by atoms with Crippen LogP contribution in [0, 0.1) is 0 Å². The van der Waals surface area contributed by atoms with E-state index in [0.717, 1.165) is 0 Å². The molecule has 1 aromatic heterocycles. The number of hydrogen-bond acceptors (Lipinski definition) is 5. The maximum atomic E-state index is 12.5. The molecule has 1 amide bonds. The molecular weight excluding hydrogens is 414 g/mol. The van der Waals surface area contributed by atoms with Crippen LogP contribution in [-0.4, -0.2) is 19.5 Å². The topological polar surface area (TPSA) is 101 Å². The molecule has 0 atom stereocenters. The van der Waals surface area contributed by atoms with Gasteiger partial charge in [0.25, 0.3) is 15.9 Å². The third-order valence-electron chi connectivity index (χ3n) is 4.01. The van der Waals surface area contributed by atoms with Crippen molar-refractivity contribution in [3.63, 3.8) is 0 Å². The Bertz CT molecular complexity index is 1120. The van der Waals surface area contributed by atoms with Gasteiger partial charge in [-0.3, -0.25) is 9.52 Å². The molecule has 29 heavy (non-hydrogen) atoms. The van der Waals surface area contributed by atoms with Crippen molar-refractivity contribution < 1.29 is 17.7 Å². The highest BCUT2D eigenvalue weighted by Crippen LogP contribution is 2.25. The quantitative estimate of drug-likeness (QED) is 0.608. The number of hydrogen-bond donors (Lipinski definition) is 2. The highest BCUT2D eigenvalue weighted by Gasteiger charge is 2.21. The van der Waals surface area contributed by atoms with Gasteiger partial charge in [-0.1, -0.05) is 37.5 Å². The van der Waals surface area contributed by atoms with E-state index in [2.05, 4.69) is 15.2 Å². The highest BCUT2D eigenvalue weighted by atomic mass is 35.5. The minimum absolute atomic E-state index is 0.0282. The van der Waals surface area contributed by atoms with Gasteiger partial charge in [-0.15, -0.1) is 0 Å². The van der Waals surface area contributed by atoms with Crippen LogP contribution in [0.3, 0.4) is 0 Å². The van der Waals surface area contributed by atoms with E-state index in [-0.39, 0.29) is 15.9 Å². The molecule has 0 spiro atoms. The number of carbonyl (C=O) groups is 1. The van der Waals surface area contributed by atoms with Gasteiger partial charge in [-0.2, -0.15) is 0 Å². The van der Waals surface area contributed by atoms with Crippen LogP contribution in [0.15, 0.2) is 64.0 Å². The van der Waals surface area contributed by atoms with Crippen molar-refractivity contribution in [2.75, 3.05) is 10.0 Å². The summed E-state index contributed by atoms with van der Waals surface area (Å²) in [6.07, 6.45) is 0. The molecule has 0 saturated heterocycles. The second-order valence-electron chi connectivity index (χ2n) is 7.42. The van der Waals surface area contributed by atoms with Crippen molar-refractivity contribution in [1.82, 2.24) is 5.16 Å². The van der Waals surface area contributed by atoms with Crippen LogP contribution in [0.25, 0.3) is 0 Å². The van der Waals surface area contributed by atoms with E-state index < -0.39 is 15.9 Å². The monoisotopic (exact) mass is 433 g/mol. The molecule has 7 nitrogen and oxygen atoms in total. The van der Waals surface area contributed by atoms with E-state index in [1.165, 1.54) is 24.3 Å². The first-order valence-corrected chi connectivity index (χ1v) is 10.6. The SMILES string of the molecule is CC(C)(C)c1cc(NC(=O)c2ccc(S(=O)(=O)Nc3ccc(Cl)cc3)cc2)no1. The molecular formula is C20H20ClN3O4S. The number of nitrogens with zero attached hydrogens (tertiary/aromatic N) is 1. The first-order chi connectivity index (χ1) is 13.5. The first kappa shape index (κ1) is 20.9. The number of amides is 1. The molecule has 0 bridgehead atoms. The fourth-order valence-electron chi connectivity index (χ4n) is 2.39. The summed E-state index contributed by atoms with van der Waals surface area (Å²) in [4.78, 5) is 12.4. The Labute approximate surface area is 174 Å². The van der Waals surface area contributed by atoms with Crippen LogP contribution < -0.4 is 10.0 Å². The molecule has 3 rings (SSSR count). The van der Waals surface area contributed by atoms with Crippen molar-refractivity contribution in [1.29, 1.82) is 0 Å². The van der Waals surface area contributed by atoms with Gasteiger partial charge in [0.05, 0.1) is 4.90 Å². The van der Waals surface area contributed by atoms with E-state index in [1.807, 2.05) is 20.8 Å². The molecule has 0 unspecified atom stereocenters. The average Bonchev–Trinajstić information content (AvgIpc) is 3.12. The minimum Gasteiger partial charge on any atom is -0.359 e. The van der Waals surface area contributed by atoms with Crippen LogP contribution in [0.4, 0.5) is 11.5 Å². The molecule has 3 aromatic rings. The van der Waals surface area contributed by atoms with Crippen LogP contribution in [0.2, 0.25) is 5.02 Å². The summed E-state index contributed by atoms with van der Waals surface area (Å²) in [7, 11) is -3.79. The predicted octanol–water partition coefficient (Wildman–Crippen LogP) is 4.68. The average molecular weight is 434 g/mol. The first-order valence-electron chi connectivity index (χ1n) is 8.72. The van der Waals surface area contributed by atoms with Gasteiger partial charge in [0, 0.05) is 27.8 Å². The zero-order valence-corrected chi connectivity index (χ0v) is 17.6. The number of halogens is 1. The fraction of sp³-hybridized carbons (Fsp3) is 0.200. The van der Waals surface area contributed by atoms with Gasteiger partial charge >= 0.3 is 0 Å². The zero-order valence-electron chi connectivity index (χ0n) is 16.1. The van der Waals surface area contributed by atoms with Gasteiger partial charge < -0.3 is 9.84 Å². The normalized spacial score (nSPS) is 11.9. The maximum absolute atomic E-state index is 12.5. The number of carbonyl (C=O) groups excluding carboxylic acids is 1. The Balaban J connectivity index is 1.71. The third-order valence-corrected chi connectivity index (χ3v) is 5.66. The standard InChI is InChI=1S/C20H20ClN3O4S/c1-20(2,3)17-12-18(23-28-17)22-19(25)13-4-10-16(11-5-13)29(26,27)24-15-8-6-14(21)7-9-15/h4-12,24H,1-3H3,(H,22,23,25). The summed E-state index contributed by atoms with van der Waals surface area (Å²) < 4.78 is 32.7. The molecule has 1 heterocycles. The van der Waals surface area contributed by atoms with Crippen molar-refractivity contribution >= 4 is 39.0 Å². The Kier molecular flexibility index (Phi) is 5.68. The molecule has 0 fully saturated rings. The Morgan fingerprint density at radius 3 is 2.21 bits per heavy atom. The second kappa shape index (κ2) is 7.88. The summed E-state index contributed by atoms with van der Waals surface area (Å²) in [5.74, 6) is 0.511. The second-order valence-corrected chi connectivity index (χ2v) is 9.54. The van der Waals surface area contributed by atoms with Crippen LogP contribution in [-0.2, 0) is 15.4 Å². The molecule has 9 heteroatoms. The largest absolute Gasteiger partial charge is 0.359 e. The van der Waals surface area contributed by atoms with E-state index >= 15 is 0 Å². The summed E-state index contributed by atoms with van der Waals surface area (Å²) in [6.45, 7) is 5.91. The number of sulfonamides is 1. The number of rotatable bonds is 5.